The molecule has 0 amide bonds. The third-order valence-corrected chi connectivity index (χ3v) is 2.71. The van der Waals surface area contributed by atoms with Crippen molar-refractivity contribution in [2.75, 3.05) is 0 Å². The summed E-state index contributed by atoms with van der Waals surface area (Å²) in [4.78, 5) is 23.6. The Morgan fingerprint density at radius 1 is 1.12 bits per heavy atom. The number of hydrogen-bond acceptors (Lipinski definition) is 3. The molecule has 1 heterocycles. The standard InChI is InChI=1S/C12H20N2O3/c1-3-5-7-13-9-10(15)11(16)14(12(13)17)8-6-4-2/h9,15H,3-8H2,1-2H3. The van der Waals surface area contributed by atoms with Crippen LogP contribution in [0.25, 0.3) is 0 Å². The van der Waals surface area contributed by atoms with Crippen LogP contribution in [0.5, 0.6) is 5.75 Å². The van der Waals surface area contributed by atoms with Crippen LogP contribution in [0.1, 0.15) is 39.5 Å². The first-order valence-electron chi connectivity index (χ1n) is 6.15. The van der Waals surface area contributed by atoms with Gasteiger partial charge in [-0.15, -0.1) is 0 Å². The second-order valence-corrected chi connectivity index (χ2v) is 4.15. The Hall–Kier alpha value is -1.52. The topological polar surface area (TPSA) is 64.2 Å². The van der Waals surface area contributed by atoms with E-state index in [2.05, 4.69) is 0 Å². The van der Waals surface area contributed by atoms with Crippen molar-refractivity contribution >= 4 is 0 Å². The number of rotatable bonds is 6. The Bertz CT molecular complexity index is 474. The van der Waals surface area contributed by atoms with E-state index in [9.17, 15) is 14.7 Å². The molecular weight excluding hydrogens is 220 g/mol. The maximum atomic E-state index is 12.0. The van der Waals surface area contributed by atoms with Gasteiger partial charge in [0.25, 0.3) is 5.56 Å². The number of nitrogens with zero attached hydrogens (tertiary/aromatic N) is 2. The summed E-state index contributed by atoms with van der Waals surface area (Å²) in [5.41, 5.74) is -0.911. The summed E-state index contributed by atoms with van der Waals surface area (Å²) in [6.07, 6.45) is 4.71. The molecule has 5 heteroatoms. The second kappa shape index (κ2) is 6.27. The molecule has 0 aliphatic rings. The van der Waals surface area contributed by atoms with Gasteiger partial charge in [-0.25, -0.2) is 4.79 Å². The third kappa shape index (κ3) is 3.22. The molecule has 1 rings (SSSR count). The monoisotopic (exact) mass is 240 g/mol. The number of aryl methyl sites for hydroxylation is 1. The van der Waals surface area contributed by atoms with Crippen LogP contribution < -0.4 is 11.2 Å². The van der Waals surface area contributed by atoms with Crippen molar-refractivity contribution in [2.24, 2.45) is 0 Å². The summed E-state index contributed by atoms with van der Waals surface area (Å²) in [5.74, 6) is -0.350. The molecule has 1 aromatic heterocycles. The van der Waals surface area contributed by atoms with Crippen molar-refractivity contribution in [3.63, 3.8) is 0 Å². The fourth-order valence-corrected chi connectivity index (χ4v) is 1.64. The van der Waals surface area contributed by atoms with Crippen molar-refractivity contribution in [1.29, 1.82) is 0 Å². The lowest BCUT2D eigenvalue weighted by Gasteiger charge is -2.10. The van der Waals surface area contributed by atoms with Gasteiger partial charge in [0.05, 0.1) is 6.20 Å². The molecule has 0 aliphatic heterocycles. The highest BCUT2D eigenvalue weighted by Gasteiger charge is 2.09. The molecule has 0 atom stereocenters. The van der Waals surface area contributed by atoms with Crippen LogP contribution in [-0.2, 0) is 13.1 Å². The molecule has 5 nitrogen and oxygen atoms in total. The maximum absolute atomic E-state index is 12.0. The number of aromatic hydroxyl groups is 1. The molecule has 0 radical (unpaired) electrons. The Kier molecular flexibility index (Phi) is 5.00. The van der Waals surface area contributed by atoms with Gasteiger partial charge in [-0.2, -0.15) is 0 Å². The molecule has 1 aromatic rings. The molecule has 0 saturated carbocycles. The van der Waals surface area contributed by atoms with Gasteiger partial charge in [0.2, 0.25) is 0 Å². The number of hydrogen-bond donors (Lipinski definition) is 1. The lowest BCUT2D eigenvalue weighted by molar-refractivity contribution is 0.424. The predicted octanol–water partition coefficient (Wildman–Crippen LogP) is 1.32. The van der Waals surface area contributed by atoms with Gasteiger partial charge in [-0.05, 0) is 12.8 Å². The van der Waals surface area contributed by atoms with E-state index in [1.807, 2.05) is 13.8 Å². The quantitative estimate of drug-likeness (QED) is 0.815. The van der Waals surface area contributed by atoms with E-state index in [1.54, 1.807) is 0 Å². The van der Waals surface area contributed by atoms with Crippen molar-refractivity contribution in [3.8, 4) is 5.75 Å². The second-order valence-electron chi connectivity index (χ2n) is 4.15. The zero-order chi connectivity index (χ0) is 12.8. The SMILES string of the molecule is CCCCn1cc(O)c(=O)n(CCCC)c1=O. The lowest BCUT2D eigenvalue weighted by atomic mass is 10.3. The molecule has 0 aromatic carbocycles. The summed E-state index contributed by atoms with van der Waals surface area (Å²) < 4.78 is 2.53. The Morgan fingerprint density at radius 2 is 1.71 bits per heavy atom. The van der Waals surface area contributed by atoms with E-state index in [0.29, 0.717) is 13.1 Å². The first-order valence-corrected chi connectivity index (χ1v) is 6.15. The zero-order valence-electron chi connectivity index (χ0n) is 10.5. The fourth-order valence-electron chi connectivity index (χ4n) is 1.64. The van der Waals surface area contributed by atoms with E-state index < -0.39 is 5.56 Å². The number of unbranched alkanes of at least 4 members (excludes halogenated alkanes) is 2. The summed E-state index contributed by atoms with van der Waals surface area (Å²) in [5, 5.41) is 9.51. The van der Waals surface area contributed by atoms with Crippen LogP contribution >= 0.6 is 0 Å². The highest BCUT2D eigenvalue weighted by Crippen LogP contribution is 1.99. The summed E-state index contributed by atoms with van der Waals surface area (Å²) >= 11 is 0. The van der Waals surface area contributed by atoms with Crippen molar-refractivity contribution in [3.05, 3.63) is 27.0 Å². The van der Waals surface area contributed by atoms with Crippen LogP contribution in [0.4, 0.5) is 0 Å². The molecule has 0 aliphatic carbocycles. The molecule has 0 saturated heterocycles. The van der Waals surface area contributed by atoms with E-state index in [4.69, 9.17) is 0 Å². The first-order chi connectivity index (χ1) is 8.11. The van der Waals surface area contributed by atoms with E-state index >= 15 is 0 Å². The molecule has 17 heavy (non-hydrogen) atoms. The van der Waals surface area contributed by atoms with Crippen LogP contribution in [0.3, 0.4) is 0 Å². The van der Waals surface area contributed by atoms with Gasteiger partial charge in [0.15, 0.2) is 5.75 Å². The molecule has 96 valence electrons. The van der Waals surface area contributed by atoms with Crippen molar-refractivity contribution in [2.45, 2.75) is 52.6 Å². The van der Waals surface area contributed by atoms with Crippen molar-refractivity contribution < 1.29 is 5.11 Å². The van der Waals surface area contributed by atoms with Crippen molar-refractivity contribution in [1.82, 2.24) is 9.13 Å². The van der Waals surface area contributed by atoms with E-state index in [-0.39, 0.29) is 11.4 Å². The number of aromatic nitrogens is 2. The molecular formula is C12H20N2O3. The minimum absolute atomic E-state index is 0.324. The Labute approximate surface area is 100 Å². The maximum Gasteiger partial charge on any atom is 0.331 e. The Morgan fingerprint density at radius 3 is 2.29 bits per heavy atom. The third-order valence-electron chi connectivity index (χ3n) is 2.71. The molecule has 0 fully saturated rings. The molecule has 0 bridgehead atoms. The first kappa shape index (κ1) is 13.5. The summed E-state index contributed by atoms with van der Waals surface area (Å²) in [6, 6.07) is 0. The molecule has 1 N–H and O–H groups in total. The van der Waals surface area contributed by atoms with E-state index in [0.717, 1.165) is 30.3 Å². The van der Waals surface area contributed by atoms with Crippen LogP contribution in [0, 0.1) is 0 Å². The van der Waals surface area contributed by atoms with Gasteiger partial charge in [0.1, 0.15) is 0 Å². The molecule has 0 unspecified atom stereocenters. The average molecular weight is 240 g/mol. The van der Waals surface area contributed by atoms with Crippen LogP contribution in [0.15, 0.2) is 15.8 Å². The van der Waals surface area contributed by atoms with Gasteiger partial charge in [-0.1, -0.05) is 26.7 Å². The van der Waals surface area contributed by atoms with Gasteiger partial charge < -0.3 is 5.11 Å². The largest absolute Gasteiger partial charge is 0.502 e. The lowest BCUT2D eigenvalue weighted by Crippen LogP contribution is -2.39. The highest BCUT2D eigenvalue weighted by atomic mass is 16.3. The zero-order valence-corrected chi connectivity index (χ0v) is 10.5. The fraction of sp³-hybridized carbons (Fsp3) is 0.667. The summed E-state index contributed by atoms with van der Waals surface area (Å²) in [7, 11) is 0. The minimum atomic E-state index is -0.587. The summed E-state index contributed by atoms with van der Waals surface area (Å²) in [6.45, 7) is 4.92. The van der Waals surface area contributed by atoms with E-state index in [1.165, 1.54) is 10.8 Å². The van der Waals surface area contributed by atoms with Gasteiger partial charge in [-0.3, -0.25) is 13.9 Å². The predicted molar refractivity (Wildman–Crippen MR) is 66.4 cm³/mol. The highest BCUT2D eigenvalue weighted by molar-refractivity contribution is 5.10. The average Bonchev–Trinajstić information content (AvgIpc) is 2.32. The van der Waals surface area contributed by atoms with Crippen LogP contribution in [-0.4, -0.2) is 14.2 Å². The van der Waals surface area contributed by atoms with Gasteiger partial charge in [0, 0.05) is 13.1 Å². The normalized spacial score (nSPS) is 10.7. The van der Waals surface area contributed by atoms with Crippen LogP contribution in [0.2, 0.25) is 0 Å². The molecule has 0 spiro atoms. The van der Waals surface area contributed by atoms with Gasteiger partial charge >= 0.3 is 5.69 Å². The minimum Gasteiger partial charge on any atom is -0.502 e. The Balaban J connectivity index is 3.13. The smallest absolute Gasteiger partial charge is 0.331 e.